The van der Waals surface area contributed by atoms with E-state index in [2.05, 4.69) is 60.1 Å². The van der Waals surface area contributed by atoms with E-state index >= 15 is 0 Å². The van der Waals surface area contributed by atoms with Crippen molar-refractivity contribution in [2.45, 2.75) is 56.1 Å². The maximum absolute atomic E-state index is 6.01. The Labute approximate surface area is 113 Å². The smallest absolute Gasteiger partial charge is 0.0631 e. The van der Waals surface area contributed by atoms with Gasteiger partial charge in [0.05, 0.1) is 11.7 Å². The van der Waals surface area contributed by atoms with Crippen molar-refractivity contribution in [1.82, 2.24) is 0 Å². The molecule has 17 heavy (non-hydrogen) atoms. The Bertz CT molecular complexity index is 347. The van der Waals surface area contributed by atoms with Gasteiger partial charge in [0, 0.05) is 4.83 Å². The molecule has 2 heteroatoms. The first kappa shape index (κ1) is 13.1. The van der Waals surface area contributed by atoms with E-state index in [0.29, 0.717) is 10.9 Å². The van der Waals surface area contributed by atoms with Crippen molar-refractivity contribution in [3.8, 4) is 0 Å². The van der Waals surface area contributed by atoms with E-state index in [1.807, 2.05) is 0 Å². The minimum Gasteiger partial charge on any atom is -0.372 e. The average Bonchev–Trinajstić information content (AvgIpc) is 2.67. The van der Waals surface area contributed by atoms with Crippen molar-refractivity contribution >= 4 is 15.9 Å². The fourth-order valence-electron chi connectivity index (χ4n) is 2.44. The first-order chi connectivity index (χ1) is 8.07. The first-order valence-electron chi connectivity index (χ1n) is 6.44. The lowest BCUT2D eigenvalue weighted by Gasteiger charge is -2.20. The summed E-state index contributed by atoms with van der Waals surface area (Å²) in [4.78, 5) is 0.455. The monoisotopic (exact) mass is 296 g/mol. The molecular weight excluding hydrogens is 276 g/mol. The minimum absolute atomic E-state index is 0.0965. The van der Waals surface area contributed by atoms with Crippen LogP contribution < -0.4 is 0 Å². The van der Waals surface area contributed by atoms with E-state index in [-0.39, 0.29) is 5.60 Å². The Morgan fingerprint density at radius 3 is 2.65 bits per heavy atom. The van der Waals surface area contributed by atoms with Crippen LogP contribution in [0.1, 0.15) is 49.9 Å². The fraction of sp³-hybridized carbons (Fsp3) is 0.600. The minimum atomic E-state index is 0.0965. The number of alkyl halides is 1. The number of rotatable bonds is 4. The molecule has 1 aromatic carbocycles. The molecule has 1 aromatic rings. The highest BCUT2D eigenvalue weighted by molar-refractivity contribution is 9.09. The van der Waals surface area contributed by atoms with E-state index in [9.17, 15) is 0 Å². The Morgan fingerprint density at radius 2 is 2.06 bits per heavy atom. The van der Waals surface area contributed by atoms with Gasteiger partial charge in [0.15, 0.2) is 0 Å². The van der Waals surface area contributed by atoms with Crippen LogP contribution in [0.2, 0.25) is 0 Å². The maximum Gasteiger partial charge on any atom is 0.0631 e. The lowest BCUT2D eigenvalue weighted by atomic mass is 10.0. The van der Waals surface area contributed by atoms with E-state index in [1.54, 1.807) is 0 Å². The number of halogens is 1. The topological polar surface area (TPSA) is 9.23 Å². The van der Waals surface area contributed by atoms with Crippen LogP contribution >= 0.6 is 15.9 Å². The van der Waals surface area contributed by atoms with Gasteiger partial charge in [-0.05, 0) is 45.1 Å². The fourth-order valence-corrected chi connectivity index (χ4v) is 3.01. The van der Waals surface area contributed by atoms with Crippen molar-refractivity contribution < 1.29 is 4.74 Å². The summed E-state index contributed by atoms with van der Waals surface area (Å²) in [5.41, 5.74) is 1.46. The molecule has 1 fully saturated rings. The predicted octanol–water partition coefficient (Wildman–Crippen LogP) is 4.86. The molecule has 1 aliphatic heterocycles. The van der Waals surface area contributed by atoms with Gasteiger partial charge >= 0.3 is 0 Å². The predicted molar refractivity (Wildman–Crippen MR) is 75.5 cm³/mol. The van der Waals surface area contributed by atoms with Crippen LogP contribution in [0.15, 0.2) is 30.3 Å². The summed E-state index contributed by atoms with van der Waals surface area (Å²) in [6, 6.07) is 10.6. The van der Waals surface area contributed by atoms with Gasteiger partial charge in [-0.15, -0.1) is 0 Å². The summed E-state index contributed by atoms with van der Waals surface area (Å²) >= 11 is 3.77. The summed E-state index contributed by atoms with van der Waals surface area (Å²) in [5.74, 6) is 0. The molecule has 0 N–H and O–H groups in total. The van der Waals surface area contributed by atoms with Gasteiger partial charge in [0.2, 0.25) is 0 Å². The van der Waals surface area contributed by atoms with E-state index in [0.717, 1.165) is 12.8 Å². The van der Waals surface area contributed by atoms with Crippen LogP contribution in [0.4, 0.5) is 0 Å². The Hall–Kier alpha value is -0.340. The summed E-state index contributed by atoms with van der Waals surface area (Å²) in [6.45, 7) is 4.38. The third-order valence-electron chi connectivity index (χ3n) is 3.46. The molecule has 0 spiro atoms. The standard InChI is InChI=1S/C15H21BrO/c1-15(2)11-10-13(17-15)8-9-14(16)12-6-4-3-5-7-12/h3-7,13-14H,8-11H2,1-2H3. The van der Waals surface area contributed by atoms with Gasteiger partial charge in [0.1, 0.15) is 0 Å². The molecule has 1 heterocycles. The summed E-state index contributed by atoms with van der Waals surface area (Å²) in [6.07, 6.45) is 5.14. The van der Waals surface area contributed by atoms with Crippen molar-refractivity contribution in [2.24, 2.45) is 0 Å². The lowest BCUT2D eigenvalue weighted by Crippen LogP contribution is -2.20. The second kappa shape index (κ2) is 5.53. The molecule has 0 radical (unpaired) electrons. The number of hydrogen-bond acceptors (Lipinski definition) is 1. The summed E-state index contributed by atoms with van der Waals surface area (Å²) in [7, 11) is 0. The highest BCUT2D eigenvalue weighted by Crippen LogP contribution is 2.35. The molecule has 0 bridgehead atoms. The summed E-state index contributed by atoms with van der Waals surface area (Å²) in [5, 5.41) is 0. The van der Waals surface area contributed by atoms with Crippen LogP contribution in [-0.2, 0) is 4.74 Å². The Morgan fingerprint density at radius 1 is 1.35 bits per heavy atom. The SMILES string of the molecule is CC1(C)CCC(CCC(Br)c2ccccc2)O1. The van der Waals surface area contributed by atoms with Gasteiger partial charge in [-0.3, -0.25) is 0 Å². The van der Waals surface area contributed by atoms with Gasteiger partial charge < -0.3 is 4.74 Å². The van der Waals surface area contributed by atoms with Crippen LogP contribution in [0.3, 0.4) is 0 Å². The lowest BCUT2D eigenvalue weighted by molar-refractivity contribution is -0.0188. The third-order valence-corrected chi connectivity index (χ3v) is 4.44. The molecule has 1 aliphatic rings. The second-order valence-corrected chi connectivity index (χ2v) is 6.60. The molecule has 0 aliphatic carbocycles. The van der Waals surface area contributed by atoms with E-state index < -0.39 is 0 Å². The number of benzene rings is 1. The van der Waals surface area contributed by atoms with Gasteiger partial charge in [-0.1, -0.05) is 46.3 Å². The molecule has 0 amide bonds. The zero-order valence-electron chi connectivity index (χ0n) is 10.7. The molecular formula is C15H21BrO. The molecule has 0 aromatic heterocycles. The van der Waals surface area contributed by atoms with Crippen LogP contribution in [0.25, 0.3) is 0 Å². The van der Waals surface area contributed by atoms with Crippen LogP contribution in [0.5, 0.6) is 0 Å². The largest absolute Gasteiger partial charge is 0.372 e. The van der Waals surface area contributed by atoms with Crippen molar-refractivity contribution in [2.75, 3.05) is 0 Å². The molecule has 1 nitrogen and oxygen atoms in total. The molecule has 1 saturated heterocycles. The average molecular weight is 297 g/mol. The van der Waals surface area contributed by atoms with E-state index in [4.69, 9.17) is 4.74 Å². The molecule has 0 saturated carbocycles. The van der Waals surface area contributed by atoms with Crippen LogP contribution in [0, 0.1) is 0 Å². The molecule has 2 atom stereocenters. The third kappa shape index (κ3) is 3.82. The first-order valence-corrected chi connectivity index (χ1v) is 7.35. The molecule has 2 rings (SSSR count). The maximum atomic E-state index is 6.01. The highest BCUT2D eigenvalue weighted by atomic mass is 79.9. The van der Waals surface area contributed by atoms with Crippen molar-refractivity contribution in [3.63, 3.8) is 0 Å². The number of ether oxygens (including phenoxy) is 1. The highest BCUT2D eigenvalue weighted by Gasteiger charge is 2.31. The zero-order chi connectivity index (χ0) is 12.3. The number of hydrogen-bond donors (Lipinski definition) is 0. The van der Waals surface area contributed by atoms with Gasteiger partial charge in [-0.2, -0.15) is 0 Å². The quantitative estimate of drug-likeness (QED) is 0.721. The molecule has 94 valence electrons. The second-order valence-electron chi connectivity index (χ2n) is 5.49. The molecule has 2 unspecified atom stereocenters. The van der Waals surface area contributed by atoms with E-state index in [1.165, 1.54) is 18.4 Å². The Kier molecular flexibility index (Phi) is 4.26. The van der Waals surface area contributed by atoms with Crippen LogP contribution in [-0.4, -0.2) is 11.7 Å². The van der Waals surface area contributed by atoms with Crippen molar-refractivity contribution in [1.29, 1.82) is 0 Å². The zero-order valence-corrected chi connectivity index (χ0v) is 12.2. The Balaban J connectivity index is 1.79. The van der Waals surface area contributed by atoms with Crippen molar-refractivity contribution in [3.05, 3.63) is 35.9 Å². The normalized spacial score (nSPS) is 24.8. The summed E-state index contributed by atoms with van der Waals surface area (Å²) < 4.78 is 6.01. The van der Waals surface area contributed by atoms with Gasteiger partial charge in [0.25, 0.3) is 0 Å². The van der Waals surface area contributed by atoms with Gasteiger partial charge in [-0.25, -0.2) is 0 Å².